The van der Waals surface area contributed by atoms with Crippen LogP contribution in [-0.4, -0.2) is 0 Å². The number of ether oxygens (including phenoxy) is 1. The minimum absolute atomic E-state index is 0.533. The van der Waals surface area contributed by atoms with Gasteiger partial charge in [-0.15, -0.1) is 0 Å². The third-order valence-corrected chi connectivity index (χ3v) is 5.33. The Morgan fingerprint density at radius 1 is 0.750 bits per heavy atom. The normalized spacial score (nSPS) is 10.8. The van der Waals surface area contributed by atoms with Crippen molar-refractivity contribution in [2.45, 2.75) is 13.2 Å². The highest BCUT2D eigenvalue weighted by molar-refractivity contribution is 6.42. The SMILES string of the molecule is Clc1ccc(NCc2cccc(OCc3cccc4ccccc34)c2)cc1Cl. The molecule has 0 spiro atoms. The number of hydrogen-bond acceptors (Lipinski definition) is 2. The van der Waals surface area contributed by atoms with Crippen molar-refractivity contribution in [3.63, 3.8) is 0 Å². The van der Waals surface area contributed by atoms with E-state index in [1.807, 2.05) is 24.3 Å². The third kappa shape index (κ3) is 4.41. The van der Waals surface area contributed by atoms with Crippen LogP contribution >= 0.6 is 23.2 Å². The summed E-state index contributed by atoms with van der Waals surface area (Å²) in [6.07, 6.45) is 0. The fourth-order valence-electron chi connectivity index (χ4n) is 3.13. The monoisotopic (exact) mass is 407 g/mol. The molecule has 140 valence electrons. The quantitative estimate of drug-likeness (QED) is 0.360. The molecule has 28 heavy (non-hydrogen) atoms. The number of fused-ring (bicyclic) bond motifs is 1. The van der Waals surface area contributed by atoms with Crippen molar-refractivity contribution in [2.75, 3.05) is 5.32 Å². The lowest BCUT2D eigenvalue weighted by atomic mass is 10.1. The van der Waals surface area contributed by atoms with E-state index in [-0.39, 0.29) is 0 Å². The summed E-state index contributed by atoms with van der Waals surface area (Å²) in [4.78, 5) is 0. The molecule has 0 atom stereocenters. The van der Waals surface area contributed by atoms with Crippen molar-refractivity contribution >= 4 is 39.7 Å². The van der Waals surface area contributed by atoms with Gasteiger partial charge in [-0.1, -0.05) is 77.8 Å². The van der Waals surface area contributed by atoms with E-state index < -0.39 is 0 Å². The van der Waals surface area contributed by atoms with E-state index in [2.05, 4.69) is 59.9 Å². The fraction of sp³-hybridized carbons (Fsp3) is 0.0833. The average Bonchev–Trinajstić information content (AvgIpc) is 2.73. The van der Waals surface area contributed by atoms with Gasteiger partial charge in [0, 0.05) is 12.2 Å². The van der Waals surface area contributed by atoms with Crippen LogP contribution in [0.3, 0.4) is 0 Å². The number of hydrogen-bond donors (Lipinski definition) is 1. The molecule has 4 aromatic carbocycles. The zero-order valence-corrected chi connectivity index (χ0v) is 16.7. The molecule has 0 saturated carbocycles. The summed E-state index contributed by atoms with van der Waals surface area (Å²) in [6, 6.07) is 28.3. The maximum Gasteiger partial charge on any atom is 0.120 e. The van der Waals surface area contributed by atoms with Gasteiger partial charge < -0.3 is 10.1 Å². The van der Waals surface area contributed by atoms with E-state index in [9.17, 15) is 0 Å². The van der Waals surface area contributed by atoms with Crippen molar-refractivity contribution in [3.8, 4) is 5.75 Å². The smallest absolute Gasteiger partial charge is 0.120 e. The summed E-state index contributed by atoms with van der Waals surface area (Å²) in [7, 11) is 0. The highest BCUT2D eigenvalue weighted by Gasteiger charge is 2.03. The van der Waals surface area contributed by atoms with E-state index >= 15 is 0 Å². The van der Waals surface area contributed by atoms with Gasteiger partial charge in [-0.3, -0.25) is 0 Å². The molecule has 0 radical (unpaired) electrons. The maximum atomic E-state index is 6.07. The molecule has 0 unspecified atom stereocenters. The molecule has 0 aromatic heterocycles. The van der Waals surface area contributed by atoms with Crippen molar-refractivity contribution in [1.82, 2.24) is 0 Å². The Balaban J connectivity index is 1.42. The van der Waals surface area contributed by atoms with Crippen LogP contribution in [0.25, 0.3) is 10.8 Å². The lowest BCUT2D eigenvalue weighted by molar-refractivity contribution is 0.307. The van der Waals surface area contributed by atoms with Crippen LogP contribution in [0.2, 0.25) is 10.0 Å². The Morgan fingerprint density at radius 2 is 1.57 bits per heavy atom. The van der Waals surface area contributed by atoms with Gasteiger partial charge in [0.1, 0.15) is 12.4 Å². The lowest BCUT2D eigenvalue weighted by Gasteiger charge is -2.11. The van der Waals surface area contributed by atoms with Crippen LogP contribution in [0.4, 0.5) is 5.69 Å². The maximum absolute atomic E-state index is 6.07. The number of nitrogens with one attached hydrogen (secondary N) is 1. The van der Waals surface area contributed by atoms with Gasteiger partial charge in [0.15, 0.2) is 0 Å². The summed E-state index contributed by atoms with van der Waals surface area (Å²) < 4.78 is 6.06. The Hall–Kier alpha value is -2.68. The van der Waals surface area contributed by atoms with E-state index in [4.69, 9.17) is 27.9 Å². The number of rotatable bonds is 6. The standard InChI is InChI=1S/C24H19Cl2NO/c25-23-12-11-20(14-24(23)26)27-15-17-5-3-9-21(13-17)28-16-19-8-4-7-18-6-1-2-10-22(18)19/h1-14,27H,15-16H2. The Kier molecular flexibility index (Phi) is 5.70. The molecular formula is C24H19Cl2NO. The molecule has 0 saturated heterocycles. The second-order valence-corrected chi connectivity index (χ2v) is 7.37. The number of anilines is 1. The number of benzene rings is 4. The second kappa shape index (κ2) is 8.55. The molecule has 0 heterocycles. The van der Waals surface area contributed by atoms with Crippen LogP contribution in [-0.2, 0) is 13.2 Å². The molecule has 2 nitrogen and oxygen atoms in total. The minimum atomic E-state index is 0.533. The summed E-state index contributed by atoms with van der Waals surface area (Å²) in [5, 5.41) is 6.90. The number of halogens is 2. The van der Waals surface area contributed by atoms with E-state index in [1.165, 1.54) is 16.3 Å². The van der Waals surface area contributed by atoms with Gasteiger partial charge in [-0.2, -0.15) is 0 Å². The van der Waals surface area contributed by atoms with Crippen molar-refractivity contribution in [3.05, 3.63) is 106 Å². The topological polar surface area (TPSA) is 21.3 Å². The van der Waals surface area contributed by atoms with Crippen LogP contribution in [0.1, 0.15) is 11.1 Å². The third-order valence-electron chi connectivity index (χ3n) is 4.59. The van der Waals surface area contributed by atoms with Crippen molar-refractivity contribution in [2.24, 2.45) is 0 Å². The van der Waals surface area contributed by atoms with Crippen molar-refractivity contribution in [1.29, 1.82) is 0 Å². The van der Waals surface area contributed by atoms with Gasteiger partial charge in [-0.25, -0.2) is 0 Å². The van der Waals surface area contributed by atoms with Gasteiger partial charge in [-0.05, 0) is 52.2 Å². The first kappa shape index (κ1) is 18.7. The van der Waals surface area contributed by atoms with Crippen LogP contribution < -0.4 is 10.1 Å². The Labute approximate surface area is 174 Å². The molecule has 1 N–H and O–H groups in total. The van der Waals surface area contributed by atoms with E-state index in [1.54, 1.807) is 6.07 Å². The van der Waals surface area contributed by atoms with Gasteiger partial charge in [0.2, 0.25) is 0 Å². The minimum Gasteiger partial charge on any atom is -0.489 e. The largest absolute Gasteiger partial charge is 0.489 e. The van der Waals surface area contributed by atoms with E-state index in [0.29, 0.717) is 23.2 Å². The van der Waals surface area contributed by atoms with Crippen molar-refractivity contribution < 1.29 is 4.74 Å². The molecular weight excluding hydrogens is 389 g/mol. The summed E-state index contributed by atoms with van der Waals surface area (Å²) >= 11 is 12.0. The molecule has 0 bridgehead atoms. The molecule has 4 aromatic rings. The highest BCUT2D eigenvalue weighted by atomic mass is 35.5. The zero-order chi connectivity index (χ0) is 19.3. The molecule has 0 aliphatic heterocycles. The lowest BCUT2D eigenvalue weighted by Crippen LogP contribution is -2.01. The Morgan fingerprint density at radius 3 is 2.46 bits per heavy atom. The van der Waals surface area contributed by atoms with Crippen LogP contribution in [0.5, 0.6) is 5.75 Å². The molecule has 0 aliphatic carbocycles. The van der Waals surface area contributed by atoms with Gasteiger partial charge in [0.25, 0.3) is 0 Å². The van der Waals surface area contributed by atoms with Gasteiger partial charge in [0.05, 0.1) is 10.0 Å². The summed E-state index contributed by atoms with van der Waals surface area (Å²) in [5.41, 5.74) is 3.23. The summed E-state index contributed by atoms with van der Waals surface area (Å²) in [5.74, 6) is 0.848. The zero-order valence-electron chi connectivity index (χ0n) is 15.2. The van der Waals surface area contributed by atoms with Crippen LogP contribution in [0.15, 0.2) is 84.9 Å². The first-order valence-electron chi connectivity index (χ1n) is 9.06. The summed E-state index contributed by atoms with van der Waals surface area (Å²) in [6.45, 7) is 1.20. The molecule has 0 amide bonds. The molecule has 4 heteroatoms. The molecule has 0 fully saturated rings. The predicted octanol–water partition coefficient (Wildman–Crippen LogP) is 7.34. The first-order valence-corrected chi connectivity index (χ1v) is 9.82. The molecule has 4 rings (SSSR count). The average molecular weight is 408 g/mol. The Bertz CT molecular complexity index is 1110. The van der Waals surface area contributed by atoms with Gasteiger partial charge >= 0.3 is 0 Å². The van der Waals surface area contributed by atoms with E-state index in [0.717, 1.165) is 17.0 Å². The van der Waals surface area contributed by atoms with Crippen LogP contribution in [0, 0.1) is 0 Å². The predicted molar refractivity (Wildman–Crippen MR) is 119 cm³/mol. The fourth-order valence-corrected chi connectivity index (χ4v) is 3.43. The first-order chi connectivity index (χ1) is 13.7. The highest BCUT2D eigenvalue weighted by Crippen LogP contribution is 2.26. The molecule has 0 aliphatic rings. The second-order valence-electron chi connectivity index (χ2n) is 6.56.